The van der Waals surface area contributed by atoms with Crippen molar-refractivity contribution >= 4 is 5.69 Å². The Kier molecular flexibility index (Phi) is 4.24. The van der Waals surface area contributed by atoms with Gasteiger partial charge in [-0.2, -0.15) is 0 Å². The van der Waals surface area contributed by atoms with Crippen molar-refractivity contribution in [1.82, 2.24) is 4.98 Å². The summed E-state index contributed by atoms with van der Waals surface area (Å²) in [5.41, 5.74) is 7.25. The first-order chi connectivity index (χ1) is 11.3. The number of halogens is 4. The molecule has 0 saturated heterocycles. The molecule has 1 fully saturated rings. The van der Waals surface area contributed by atoms with Crippen molar-refractivity contribution < 1.29 is 17.6 Å². The molecule has 0 spiro atoms. The maximum absolute atomic E-state index is 14.0. The van der Waals surface area contributed by atoms with Crippen LogP contribution in [0.15, 0.2) is 30.5 Å². The Bertz CT molecular complexity index is 761. The predicted octanol–water partition coefficient (Wildman–Crippen LogP) is 5.15. The van der Waals surface area contributed by atoms with E-state index in [0.717, 1.165) is 18.2 Å². The van der Waals surface area contributed by atoms with Gasteiger partial charge < -0.3 is 5.73 Å². The fourth-order valence-electron chi connectivity index (χ4n) is 3.50. The average molecular weight is 338 g/mol. The first-order valence-corrected chi connectivity index (χ1v) is 7.86. The third-order valence-corrected chi connectivity index (χ3v) is 4.72. The summed E-state index contributed by atoms with van der Waals surface area (Å²) in [5.74, 6) is -4.35. The molecule has 1 aromatic heterocycles. The minimum atomic E-state index is -2.67. The van der Waals surface area contributed by atoms with Crippen LogP contribution in [0, 0.1) is 17.6 Å². The molecule has 0 radical (unpaired) electrons. The maximum atomic E-state index is 14.0. The second-order valence-corrected chi connectivity index (χ2v) is 6.46. The van der Waals surface area contributed by atoms with E-state index in [1.54, 1.807) is 6.92 Å². The molecule has 2 aromatic rings. The van der Waals surface area contributed by atoms with Gasteiger partial charge in [-0.15, -0.1) is 0 Å². The summed E-state index contributed by atoms with van der Waals surface area (Å²) in [6.07, 6.45) is 1.28. The number of anilines is 1. The molecule has 1 aliphatic carbocycles. The van der Waals surface area contributed by atoms with Gasteiger partial charge in [0.1, 0.15) is 11.6 Å². The molecular weight excluding hydrogens is 320 g/mol. The van der Waals surface area contributed by atoms with Crippen molar-refractivity contribution in [3.63, 3.8) is 0 Å². The Hall–Kier alpha value is -2.11. The number of benzene rings is 1. The number of rotatable bonds is 2. The lowest BCUT2D eigenvalue weighted by molar-refractivity contribution is -0.0558. The molecule has 1 aliphatic rings. The van der Waals surface area contributed by atoms with Gasteiger partial charge in [-0.05, 0) is 36.6 Å². The van der Waals surface area contributed by atoms with Crippen molar-refractivity contribution in [1.29, 1.82) is 0 Å². The lowest BCUT2D eigenvalue weighted by Gasteiger charge is -2.34. The highest BCUT2D eigenvalue weighted by molar-refractivity contribution is 5.78. The lowest BCUT2D eigenvalue weighted by atomic mass is 9.76. The highest BCUT2D eigenvalue weighted by atomic mass is 19.3. The summed E-state index contributed by atoms with van der Waals surface area (Å²) in [4.78, 5) is 4.25. The number of hydrogen-bond acceptors (Lipinski definition) is 2. The van der Waals surface area contributed by atoms with E-state index >= 15 is 0 Å². The minimum absolute atomic E-state index is 0.0462. The number of pyridine rings is 1. The quantitative estimate of drug-likeness (QED) is 0.769. The normalized spacial score (nSPS) is 23.2. The highest BCUT2D eigenvalue weighted by Crippen LogP contribution is 2.46. The van der Waals surface area contributed by atoms with Crippen molar-refractivity contribution in [3.8, 4) is 11.1 Å². The van der Waals surface area contributed by atoms with Gasteiger partial charge >= 0.3 is 0 Å². The molecule has 1 saturated carbocycles. The first kappa shape index (κ1) is 16.7. The number of nitrogens with zero attached hydrogens (tertiary/aromatic N) is 1. The van der Waals surface area contributed by atoms with Crippen LogP contribution in [0.1, 0.15) is 37.8 Å². The molecule has 24 heavy (non-hydrogen) atoms. The molecule has 6 heteroatoms. The number of aromatic nitrogens is 1. The molecule has 0 aliphatic heterocycles. The van der Waals surface area contributed by atoms with Gasteiger partial charge in [-0.1, -0.05) is 6.92 Å². The van der Waals surface area contributed by atoms with Gasteiger partial charge in [0.25, 0.3) is 0 Å². The molecule has 1 heterocycles. The number of hydrogen-bond donors (Lipinski definition) is 1. The van der Waals surface area contributed by atoms with E-state index in [4.69, 9.17) is 5.73 Å². The summed E-state index contributed by atoms with van der Waals surface area (Å²) < 4.78 is 54.6. The monoisotopic (exact) mass is 338 g/mol. The summed E-state index contributed by atoms with van der Waals surface area (Å²) in [6, 6.07) is 4.65. The Morgan fingerprint density at radius 2 is 1.92 bits per heavy atom. The Labute approximate surface area is 137 Å². The maximum Gasteiger partial charge on any atom is 0.248 e. The van der Waals surface area contributed by atoms with E-state index in [1.807, 2.05) is 0 Å². The van der Waals surface area contributed by atoms with Crippen LogP contribution in [-0.4, -0.2) is 10.9 Å². The van der Waals surface area contributed by atoms with Crippen molar-refractivity contribution in [2.75, 3.05) is 5.73 Å². The minimum Gasteiger partial charge on any atom is -0.397 e. The molecule has 128 valence electrons. The molecular formula is C18H18F4N2. The van der Waals surface area contributed by atoms with E-state index < -0.39 is 17.6 Å². The topological polar surface area (TPSA) is 38.9 Å². The van der Waals surface area contributed by atoms with Crippen LogP contribution in [0.3, 0.4) is 0 Å². The summed E-state index contributed by atoms with van der Waals surface area (Å²) >= 11 is 0. The Balaban J connectivity index is 2.02. The molecule has 2 atom stereocenters. The molecule has 1 aromatic carbocycles. The van der Waals surface area contributed by atoms with E-state index in [1.165, 1.54) is 12.3 Å². The van der Waals surface area contributed by atoms with Crippen LogP contribution < -0.4 is 5.73 Å². The van der Waals surface area contributed by atoms with Crippen LogP contribution in [-0.2, 0) is 0 Å². The van der Waals surface area contributed by atoms with Crippen LogP contribution in [0.2, 0.25) is 0 Å². The Morgan fingerprint density at radius 3 is 2.62 bits per heavy atom. The van der Waals surface area contributed by atoms with E-state index in [2.05, 4.69) is 4.98 Å². The zero-order valence-corrected chi connectivity index (χ0v) is 13.2. The van der Waals surface area contributed by atoms with Gasteiger partial charge in [0.2, 0.25) is 5.92 Å². The van der Waals surface area contributed by atoms with Crippen LogP contribution in [0.25, 0.3) is 11.1 Å². The third kappa shape index (κ3) is 3.09. The van der Waals surface area contributed by atoms with Gasteiger partial charge in [-0.25, -0.2) is 17.6 Å². The fourth-order valence-corrected chi connectivity index (χ4v) is 3.50. The first-order valence-electron chi connectivity index (χ1n) is 7.86. The van der Waals surface area contributed by atoms with Crippen molar-refractivity contribution in [2.24, 2.45) is 5.92 Å². The van der Waals surface area contributed by atoms with Crippen molar-refractivity contribution in [2.45, 2.75) is 38.0 Å². The lowest BCUT2D eigenvalue weighted by Crippen LogP contribution is -2.30. The molecule has 3 rings (SSSR count). The predicted molar refractivity (Wildman–Crippen MR) is 84.7 cm³/mol. The summed E-state index contributed by atoms with van der Waals surface area (Å²) in [6.45, 7) is 1.74. The zero-order valence-electron chi connectivity index (χ0n) is 13.2. The molecule has 2 unspecified atom stereocenters. The van der Waals surface area contributed by atoms with Crippen molar-refractivity contribution in [3.05, 3.63) is 47.8 Å². The van der Waals surface area contributed by atoms with E-state index in [0.29, 0.717) is 11.3 Å². The summed E-state index contributed by atoms with van der Waals surface area (Å²) in [5, 5.41) is 0. The fraction of sp³-hybridized carbons (Fsp3) is 0.389. The standard InChI is InChI=1S/C18H18F4N2/c1-10-9-18(21,22)6-4-12(10)17-16(23)13(5-7-24-17)14-8-11(19)2-3-15(14)20/h2-3,5,7-8,10,12H,4,6,9,23H2,1H3. The zero-order chi connectivity index (χ0) is 17.5. The SMILES string of the molecule is CC1CC(F)(F)CCC1c1nccc(-c2cc(F)ccc2F)c1N. The van der Waals surface area contributed by atoms with Gasteiger partial charge in [-0.3, -0.25) is 4.98 Å². The van der Waals surface area contributed by atoms with E-state index in [9.17, 15) is 17.6 Å². The second kappa shape index (κ2) is 6.07. The van der Waals surface area contributed by atoms with Gasteiger partial charge in [0, 0.05) is 36.1 Å². The number of nitrogen functional groups attached to an aromatic ring is 1. The van der Waals surface area contributed by atoms with Gasteiger partial charge in [0.15, 0.2) is 0 Å². The largest absolute Gasteiger partial charge is 0.397 e. The summed E-state index contributed by atoms with van der Waals surface area (Å²) in [7, 11) is 0. The van der Waals surface area contributed by atoms with Gasteiger partial charge in [0.05, 0.1) is 11.4 Å². The number of nitrogens with two attached hydrogens (primary N) is 1. The molecule has 0 amide bonds. The molecule has 2 nitrogen and oxygen atoms in total. The highest BCUT2D eigenvalue weighted by Gasteiger charge is 2.41. The molecule has 0 bridgehead atoms. The van der Waals surface area contributed by atoms with Crippen LogP contribution >= 0.6 is 0 Å². The third-order valence-electron chi connectivity index (χ3n) is 4.72. The number of alkyl halides is 2. The van der Waals surface area contributed by atoms with Crippen LogP contribution in [0.5, 0.6) is 0 Å². The van der Waals surface area contributed by atoms with Crippen LogP contribution in [0.4, 0.5) is 23.2 Å². The van der Waals surface area contributed by atoms with E-state index in [-0.39, 0.29) is 42.3 Å². The molecule has 2 N–H and O–H groups in total. The Morgan fingerprint density at radius 1 is 1.17 bits per heavy atom. The second-order valence-electron chi connectivity index (χ2n) is 6.46. The average Bonchev–Trinajstić information content (AvgIpc) is 2.50. The smallest absolute Gasteiger partial charge is 0.248 e.